The van der Waals surface area contributed by atoms with Gasteiger partial charge in [0.2, 0.25) is 0 Å². The number of hydrogen-bond acceptors (Lipinski definition) is 0. The van der Waals surface area contributed by atoms with Crippen molar-refractivity contribution in [2.75, 3.05) is 19.6 Å². The molecule has 0 aromatic heterocycles. The SMILES string of the molecule is CCCCCC[N+](CCCCCC)(CCCCCC)Cc1ccc(C(C)CC)cc1. The Hall–Kier alpha value is -0.820. The van der Waals surface area contributed by atoms with Gasteiger partial charge >= 0.3 is 0 Å². The monoisotopic (exact) mass is 416 g/mol. The maximum absolute atomic E-state index is 2.44. The second-order valence-corrected chi connectivity index (χ2v) is 9.90. The summed E-state index contributed by atoms with van der Waals surface area (Å²) in [4.78, 5) is 0. The first kappa shape index (κ1) is 27.2. The van der Waals surface area contributed by atoms with Gasteiger partial charge in [-0.25, -0.2) is 0 Å². The summed E-state index contributed by atoms with van der Waals surface area (Å²) in [5, 5.41) is 0. The van der Waals surface area contributed by atoms with Gasteiger partial charge < -0.3 is 4.48 Å². The van der Waals surface area contributed by atoms with E-state index in [9.17, 15) is 0 Å². The summed E-state index contributed by atoms with van der Waals surface area (Å²) in [7, 11) is 0. The average Bonchev–Trinajstić information content (AvgIpc) is 2.77. The predicted molar refractivity (Wildman–Crippen MR) is 136 cm³/mol. The van der Waals surface area contributed by atoms with Crippen molar-refractivity contribution in [3.8, 4) is 0 Å². The predicted octanol–water partition coefficient (Wildman–Crippen LogP) is 9.26. The topological polar surface area (TPSA) is 0 Å². The van der Waals surface area contributed by atoms with E-state index < -0.39 is 0 Å². The molecule has 0 heterocycles. The zero-order valence-electron chi connectivity index (χ0n) is 21.4. The molecule has 0 bridgehead atoms. The van der Waals surface area contributed by atoms with E-state index in [1.807, 2.05) is 0 Å². The molecule has 0 saturated heterocycles. The first-order chi connectivity index (χ1) is 14.6. The van der Waals surface area contributed by atoms with E-state index in [1.54, 1.807) is 5.56 Å². The fourth-order valence-corrected chi connectivity index (χ4v) is 4.77. The molecular formula is C29H54N+. The first-order valence-corrected chi connectivity index (χ1v) is 13.5. The summed E-state index contributed by atoms with van der Waals surface area (Å²) >= 11 is 0. The van der Waals surface area contributed by atoms with Crippen LogP contribution in [0, 0.1) is 0 Å². The Morgan fingerprint density at radius 1 is 0.600 bits per heavy atom. The van der Waals surface area contributed by atoms with Crippen LogP contribution in [0.15, 0.2) is 24.3 Å². The quantitative estimate of drug-likeness (QED) is 0.156. The van der Waals surface area contributed by atoms with Gasteiger partial charge in [-0.05, 0) is 56.4 Å². The molecule has 30 heavy (non-hydrogen) atoms. The lowest BCUT2D eigenvalue weighted by molar-refractivity contribution is -0.941. The van der Waals surface area contributed by atoms with E-state index in [-0.39, 0.29) is 0 Å². The van der Waals surface area contributed by atoms with Gasteiger partial charge in [0.1, 0.15) is 6.54 Å². The van der Waals surface area contributed by atoms with E-state index in [2.05, 4.69) is 58.9 Å². The summed E-state index contributed by atoms with van der Waals surface area (Å²) in [6, 6.07) is 9.70. The molecule has 0 aliphatic carbocycles. The Labute approximate surface area is 190 Å². The molecule has 1 unspecified atom stereocenters. The van der Waals surface area contributed by atoms with Gasteiger partial charge in [-0.2, -0.15) is 0 Å². The lowest BCUT2D eigenvalue weighted by Gasteiger charge is -2.39. The highest BCUT2D eigenvalue weighted by atomic mass is 15.3. The van der Waals surface area contributed by atoms with Gasteiger partial charge in [0, 0.05) is 5.56 Å². The molecule has 0 aliphatic rings. The summed E-state index contributed by atoms with van der Waals surface area (Å²) in [6.45, 7) is 17.0. The van der Waals surface area contributed by atoms with Gasteiger partial charge in [-0.3, -0.25) is 0 Å². The molecule has 0 radical (unpaired) electrons. The minimum absolute atomic E-state index is 0.676. The third kappa shape index (κ3) is 11.0. The van der Waals surface area contributed by atoms with Crippen LogP contribution in [0.25, 0.3) is 0 Å². The molecule has 1 atom stereocenters. The summed E-state index contributed by atoms with van der Waals surface area (Å²) in [5.41, 5.74) is 3.07. The van der Waals surface area contributed by atoms with Crippen LogP contribution in [-0.2, 0) is 6.54 Å². The lowest BCUT2D eigenvalue weighted by atomic mass is 9.97. The van der Waals surface area contributed by atoms with Crippen LogP contribution in [0.1, 0.15) is 135 Å². The van der Waals surface area contributed by atoms with Crippen molar-refractivity contribution in [2.45, 2.75) is 131 Å². The minimum Gasteiger partial charge on any atom is -0.320 e. The Morgan fingerprint density at radius 3 is 1.40 bits per heavy atom. The number of rotatable bonds is 19. The number of quaternary nitrogens is 1. The van der Waals surface area contributed by atoms with Crippen molar-refractivity contribution in [1.82, 2.24) is 0 Å². The fraction of sp³-hybridized carbons (Fsp3) is 0.793. The average molecular weight is 417 g/mol. The van der Waals surface area contributed by atoms with Crippen molar-refractivity contribution in [3.05, 3.63) is 35.4 Å². The Morgan fingerprint density at radius 2 is 1.03 bits per heavy atom. The van der Waals surface area contributed by atoms with Crippen LogP contribution >= 0.6 is 0 Å². The highest BCUT2D eigenvalue weighted by molar-refractivity contribution is 5.24. The van der Waals surface area contributed by atoms with E-state index >= 15 is 0 Å². The van der Waals surface area contributed by atoms with Gasteiger partial charge in [-0.1, -0.05) is 97.4 Å². The fourth-order valence-electron chi connectivity index (χ4n) is 4.77. The van der Waals surface area contributed by atoms with E-state index in [0.717, 1.165) is 0 Å². The zero-order chi connectivity index (χ0) is 22.1. The van der Waals surface area contributed by atoms with Crippen LogP contribution in [0.5, 0.6) is 0 Å². The Bertz CT molecular complexity index is 472. The molecule has 0 fully saturated rings. The lowest BCUT2D eigenvalue weighted by Crippen LogP contribution is -2.49. The minimum atomic E-state index is 0.676. The highest BCUT2D eigenvalue weighted by Crippen LogP contribution is 2.24. The summed E-state index contributed by atoms with van der Waals surface area (Å²) < 4.78 is 1.33. The van der Waals surface area contributed by atoms with Crippen molar-refractivity contribution >= 4 is 0 Å². The maximum atomic E-state index is 2.44. The summed E-state index contributed by atoms with van der Waals surface area (Å²) in [6.07, 6.45) is 17.9. The molecule has 1 nitrogen and oxygen atoms in total. The third-order valence-corrected chi connectivity index (χ3v) is 7.14. The molecule has 0 aliphatic heterocycles. The molecule has 1 aromatic rings. The maximum Gasteiger partial charge on any atom is 0.104 e. The van der Waals surface area contributed by atoms with E-state index in [4.69, 9.17) is 0 Å². The van der Waals surface area contributed by atoms with Crippen LogP contribution < -0.4 is 0 Å². The van der Waals surface area contributed by atoms with Gasteiger partial charge in [0.15, 0.2) is 0 Å². The largest absolute Gasteiger partial charge is 0.320 e. The molecule has 1 heteroatoms. The summed E-state index contributed by atoms with van der Waals surface area (Å²) in [5.74, 6) is 0.676. The van der Waals surface area contributed by atoms with Crippen molar-refractivity contribution < 1.29 is 4.48 Å². The first-order valence-electron chi connectivity index (χ1n) is 13.5. The molecular weight excluding hydrogens is 362 g/mol. The number of benzene rings is 1. The van der Waals surface area contributed by atoms with E-state index in [0.29, 0.717) is 5.92 Å². The number of nitrogens with zero attached hydrogens (tertiary/aromatic N) is 1. The van der Waals surface area contributed by atoms with Gasteiger partial charge in [0.05, 0.1) is 19.6 Å². The van der Waals surface area contributed by atoms with Crippen LogP contribution in [0.3, 0.4) is 0 Å². The molecule has 0 N–H and O–H groups in total. The van der Waals surface area contributed by atoms with Gasteiger partial charge in [0.25, 0.3) is 0 Å². The molecule has 174 valence electrons. The second-order valence-electron chi connectivity index (χ2n) is 9.90. The molecule has 1 rings (SSSR count). The molecule has 1 aromatic carbocycles. The zero-order valence-corrected chi connectivity index (χ0v) is 21.4. The van der Waals surface area contributed by atoms with Crippen molar-refractivity contribution in [3.63, 3.8) is 0 Å². The van der Waals surface area contributed by atoms with E-state index in [1.165, 1.54) is 120 Å². The highest BCUT2D eigenvalue weighted by Gasteiger charge is 2.26. The molecule has 0 saturated carbocycles. The second kappa shape index (κ2) is 16.8. The molecule has 0 spiro atoms. The van der Waals surface area contributed by atoms with Crippen LogP contribution in [0.2, 0.25) is 0 Å². The number of hydrogen-bond donors (Lipinski definition) is 0. The Kier molecular flexibility index (Phi) is 15.3. The van der Waals surface area contributed by atoms with Crippen LogP contribution in [-0.4, -0.2) is 24.1 Å². The van der Waals surface area contributed by atoms with Gasteiger partial charge in [-0.15, -0.1) is 0 Å². The van der Waals surface area contributed by atoms with Crippen LogP contribution in [0.4, 0.5) is 0 Å². The van der Waals surface area contributed by atoms with Crippen molar-refractivity contribution in [2.24, 2.45) is 0 Å². The Balaban J connectivity index is 2.92. The third-order valence-electron chi connectivity index (χ3n) is 7.14. The number of unbranched alkanes of at least 4 members (excludes halogenated alkanes) is 9. The smallest absolute Gasteiger partial charge is 0.104 e. The standard InChI is InChI=1S/C29H54N/c1-6-10-13-16-23-30(24-17-14-11-7-2,25-18-15-12-8-3)26-28-19-21-29(22-20-28)27(5)9-4/h19-22,27H,6-18,23-26H2,1-5H3/q+1. The molecule has 0 amide bonds. The normalized spacial score (nSPS) is 13.0. The van der Waals surface area contributed by atoms with Crippen molar-refractivity contribution in [1.29, 1.82) is 0 Å².